The molecule has 2 aliphatic heterocycles. The molecule has 204 valence electrons. The Hall–Kier alpha value is -4.01. The van der Waals surface area contributed by atoms with Crippen LogP contribution in [0.3, 0.4) is 0 Å². The van der Waals surface area contributed by atoms with Crippen LogP contribution in [0, 0.1) is 12.3 Å². The van der Waals surface area contributed by atoms with Crippen LogP contribution in [0.15, 0.2) is 55.5 Å². The average Bonchev–Trinajstić information content (AvgIpc) is 3.68. The van der Waals surface area contributed by atoms with E-state index in [1.54, 1.807) is 10.9 Å². The summed E-state index contributed by atoms with van der Waals surface area (Å²) >= 11 is 0. The van der Waals surface area contributed by atoms with E-state index in [1.165, 1.54) is 6.08 Å². The van der Waals surface area contributed by atoms with Crippen molar-refractivity contribution in [1.29, 1.82) is 0 Å². The van der Waals surface area contributed by atoms with Crippen LogP contribution in [0.2, 0.25) is 0 Å². The van der Waals surface area contributed by atoms with Gasteiger partial charge in [0.05, 0.1) is 23.6 Å². The number of benzene rings is 1. The Kier molecular flexibility index (Phi) is 7.01. The van der Waals surface area contributed by atoms with Crippen LogP contribution in [0.4, 0.5) is 5.69 Å². The molecule has 1 atom stereocenters. The van der Waals surface area contributed by atoms with Crippen molar-refractivity contribution in [3.63, 3.8) is 0 Å². The summed E-state index contributed by atoms with van der Waals surface area (Å²) in [6.07, 6.45) is 8.95. The van der Waals surface area contributed by atoms with Crippen molar-refractivity contribution in [2.45, 2.75) is 52.6 Å². The zero-order valence-corrected chi connectivity index (χ0v) is 23.3. The summed E-state index contributed by atoms with van der Waals surface area (Å²) in [6, 6.07) is 8.41. The lowest BCUT2D eigenvalue weighted by Crippen LogP contribution is -2.33. The van der Waals surface area contributed by atoms with Crippen LogP contribution in [-0.2, 0) is 16.9 Å². The first kappa shape index (κ1) is 26.6. The van der Waals surface area contributed by atoms with E-state index in [1.807, 2.05) is 38.1 Å². The highest BCUT2D eigenvalue weighted by molar-refractivity contribution is 5.91. The van der Waals surface area contributed by atoms with Crippen molar-refractivity contribution in [1.82, 2.24) is 30.2 Å². The lowest BCUT2D eigenvalue weighted by molar-refractivity contribution is -0.125. The molecule has 2 aliphatic rings. The summed E-state index contributed by atoms with van der Waals surface area (Å²) in [5.41, 5.74) is 5.71. The standard InChI is InChI=1S/C30H37N7O2/c1-6-27(38)36-14-11-30(20-36)10-13-35(19-30)26-17-31-12-9-24(26)22-7-8-23(21(2)15-22)16-32-28(39)25-18-37(34-33-25)29(3,4)5/h6-9,12,15,17-18H,1,10-11,13-14,16,19-20H2,2-5H3,(H,32,39). The Bertz CT molecular complexity index is 1410. The first-order chi connectivity index (χ1) is 18.6. The van der Waals surface area contributed by atoms with Gasteiger partial charge in [0.1, 0.15) is 0 Å². The SMILES string of the molecule is C=CC(=O)N1CCC2(CCN(c3cnccc3-c3ccc(CNC(=O)c4cn(C(C)(C)C)nn4)c(C)c3)C2)C1. The highest BCUT2D eigenvalue weighted by Gasteiger charge is 2.44. The molecule has 4 heterocycles. The molecule has 2 saturated heterocycles. The van der Waals surface area contributed by atoms with Crippen LogP contribution in [0.5, 0.6) is 0 Å². The normalized spacial score (nSPS) is 19.1. The maximum Gasteiger partial charge on any atom is 0.273 e. The van der Waals surface area contributed by atoms with Crippen LogP contribution in [0.25, 0.3) is 11.1 Å². The third-order valence-electron chi connectivity index (χ3n) is 8.01. The van der Waals surface area contributed by atoms with Crippen molar-refractivity contribution in [3.05, 3.63) is 72.3 Å². The van der Waals surface area contributed by atoms with Gasteiger partial charge in [-0.15, -0.1) is 5.10 Å². The van der Waals surface area contributed by atoms with Crippen LogP contribution in [-0.4, -0.2) is 62.9 Å². The molecule has 5 rings (SSSR count). The first-order valence-corrected chi connectivity index (χ1v) is 13.5. The van der Waals surface area contributed by atoms with Gasteiger partial charge in [0.2, 0.25) is 5.91 Å². The van der Waals surface area contributed by atoms with E-state index in [2.05, 4.69) is 63.3 Å². The molecule has 9 nitrogen and oxygen atoms in total. The first-order valence-electron chi connectivity index (χ1n) is 13.5. The molecule has 1 N–H and O–H groups in total. The van der Waals surface area contributed by atoms with Crippen LogP contribution in [0.1, 0.15) is 55.2 Å². The summed E-state index contributed by atoms with van der Waals surface area (Å²) in [6.45, 7) is 15.6. The summed E-state index contributed by atoms with van der Waals surface area (Å²) < 4.78 is 1.69. The van der Waals surface area contributed by atoms with E-state index in [0.717, 1.165) is 67.0 Å². The minimum absolute atomic E-state index is 0.0235. The van der Waals surface area contributed by atoms with Gasteiger partial charge in [0.15, 0.2) is 5.69 Å². The molecule has 1 spiro atoms. The number of aryl methyl sites for hydroxylation is 1. The Morgan fingerprint density at radius 2 is 1.95 bits per heavy atom. The average molecular weight is 528 g/mol. The van der Waals surface area contributed by atoms with Gasteiger partial charge in [0.25, 0.3) is 5.91 Å². The van der Waals surface area contributed by atoms with E-state index in [0.29, 0.717) is 12.2 Å². The lowest BCUT2D eigenvalue weighted by atomic mass is 9.86. The third-order valence-corrected chi connectivity index (χ3v) is 8.01. The van der Waals surface area contributed by atoms with Gasteiger partial charge < -0.3 is 15.1 Å². The second-order valence-electron chi connectivity index (χ2n) is 11.8. The van der Waals surface area contributed by atoms with Gasteiger partial charge in [0, 0.05) is 49.9 Å². The zero-order valence-electron chi connectivity index (χ0n) is 23.3. The molecule has 0 bridgehead atoms. The van der Waals surface area contributed by atoms with E-state index in [-0.39, 0.29) is 22.8 Å². The number of carbonyl (C=O) groups excluding carboxylic acids is 2. The van der Waals surface area contributed by atoms with Crippen molar-refractivity contribution in [2.75, 3.05) is 31.1 Å². The zero-order chi connectivity index (χ0) is 27.8. The summed E-state index contributed by atoms with van der Waals surface area (Å²) in [7, 11) is 0. The van der Waals surface area contributed by atoms with Crippen molar-refractivity contribution < 1.29 is 9.59 Å². The molecular weight excluding hydrogens is 490 g/mol. The van der Waals surface area contributed by atoms with Crippen molar-refractivity contribution in [3.8, 4) is 11.1 Å². The predicted octanol–water partition coefficient (Wildman–Crippen LogP) is 3.95. The van der Waals surface area contributed by atoms with Gasteiger partial charge in [-0.05, 0) is 69.4 Å². The molecule has 3 aromatic rings. The number of pyridine rings is 1. The van der Waals surface area contributed by atoms with Gasteiger partial charge in [-0.2, -0.15) is 0 Å². The number of nitrogens with zero attached hydrogens (tertiary/aromatic N) is 6. The quantitative estimate of drug-likeness (QED) is 0.488. The second-order valence-corrected chi connectivity index (χ2v) is 11.8. The monoisotopic (exact) mass is 527 g/mol. The number of nitrogens with one attached hydrogen (secondary N) is 1. The fraction of sp³-hybridized carbons (Fsp3) is 0.433. The number of aromatic nitrogens is 4. The summed E-state index contributed by atoms with van der Waals surface area (Å²) in [4.78, 5) is 33.6. The highest BCUT2D eigenvalue weighted by atomic mass is 16.2. The molecule has 0 saturated carbocycles. The maximum atomic E-state index is 12.7. The Morgan fingerprint density at radius 3 is 2.67 bits per heavy atom. The molecule has 0 radical (unpaired) electrons. The molecule has 2 fully saturated rings. The van der Waals surface area contributed by atoms with Crippen molar-refractivity contribution in [2.24, 2.45) is 5.41 Å². The summed E-state index contributed by atoms with van der Waals surface area (Å²) in [5.74, 6) is -0.219. The minimum Gasteiger partial charge on any atom is -0.369 e. The van der Waals surface area contributed by atoms with Crippen LogP contribution >= 0.6 is 0 Å². The fourth-order valence-electron chi connectivity index (χ4n) is 5.63. The molecular formula is C30H37N7O2. The van der Waals surface area contributed by atoms with Crippen LogP contribution < -0.4 is 10.2 Å². The Labute approximate surface area is 229 Å². The highest BCUT2D eigenvalue weighted by Crippen LogP contribution is 2.43. The van der Waals surface area contributed by atoms with Gasteiger partial charge in [-0.1, -0.05) is 30.0 Å². The topological polar surface area (TPSA) is 96.2 Å². The number of hydrogen-bond acceptors (Lipinski definition) is 6. The molecule has 2 aromatic heterocycles. The minimum atomic E-state index is -0.242. The van der Waals surface area contributed by atoms with Gasteiger partial charge >= 0.3 is 0 Å². The second kappa shape index (κ2) is 10.3. The Balaban J connectivity index is 1.28. The van der Waals surface area contributed by atoms with E-state index in [4.69, 9.17) is 0 Å². The summed E-state index contributed by atoms with van der Waals surface area (Å²) in [5, 5.41) is 11.1. The number of likely N-dealkylation sites (tertiary alicyclic amines) is 1. The Morgan fingerprint density at radius 1 is 1.15 bits per heavy atom. The number of amides is 2. The van der Waals surface area contributed by atoms with Gasteiger partial charge in [-0.25, -0.2) is 4.68 Å². The molecule has 1 unspecified atom stereocenters. The number of hydrogen-bond donors (Lipinski definition) is 1. The molecule has 39 heavy (non-hydrogen) atoms. The van der Waals surface area contributed by atoms with E-state index < -0.39 is 0 Å². The molecule has 2 amide bonds. The number of carbonyl (C=O) groups is 2. The molecule has 0 aliphatic carbocycles. The smallest absolute Gasteiger partial charge is 0.273 e. The van der Waals surface area contributed by atoms with E-state index >= 15 is 0 Å². The van der Waals surface area contributed by atoms with E-state index in [9.17, 15) is 9.59 Å². The fourth-order valence-corrected chi connectivity index (χ4v) is 5.63. The largest absolute Gasteiger partial charge is 0.369 e. The van der Waals surface area contributed by atoms with Crippen molar-refractivity contribution >= 4 is 17.5 Å². The maximum absolute atomic E-state index is 12.7. The molecule has 9 heteroatoms. The number of anilines is 1. The van der Waals surface area contributed by atoms with Gasteiger partial charge in [-0.3, -0.25) is 14.6 Å². The predicted molar refractivity (Wildman–Crippen MR) is 151 cm³/mol. The third kappa shape index (κ3) is 5.44. The number of rotatable bonds is 6. The lowest BCUT2D eigenvalue weighted by Gasteiger charge is -2.26. The molecule has 1 aromatic carbocycles.